The van der Waals surface area contributed by atoms with Crippen LogP contribution in [0.2, 0.25) is 0 Å². The van der Waals surface area contributed by atoms with Crippen LogP contribution < -0.4 is 10.6 Å². The maximum Gasteiger partial charge on any atom is 0.254 e. The van der Waals surface area contributed by atoms with Gasteiger partial charge in [0.2, 0.25) is 5.91 Å². The standard InChI is InChI=1S/C24H30N4O2S/c1-3-27-10-12-28(13-11-27)24(30)18-8-9-20-21(14-18)26-23(29)22(25-20)16-31-15-19-7-5-4-6-17(19)2/h4-9,14,22,25H,3,10-13,15-16H2,1-2H3,(H,26,29). The van der Waals surface area contributed by atoms with Crippen LogP contribution >= 0.6 is 11.8 Å². The van der Waals surface area contributed by atoms with Gasteiger partial charge in [-0.15, -0.1) is 0 Å². The van der Waals surface area contributed by atoms with E-state index in [0.29, 0.717) is 17.0 Å². The minimum atomic E-state index is -0.287. The molecule has 2 aliphatic rings. The number of anilines is 2. The van der Waals surface area contributed by atoms with Gasteiger partial charge in [0.05, 0.1) is 11.4 Å². The first-order valence-corrected chi connectivity index (χ1v) is 12.1. The van der Waals surface area contributed by atoms with Gasteiger partial charge >= 0.3 is 0 Å². The average molecular weight is 439 g/mol. The average Bonchev–Trinajstić information content (AvgIpc) is 2.80. The predicted octanol–water partition coefficient (Wildman–Crippen LogP) is 3.44. The van der Waals surface area contributed by atoms with Crippen LogP contribution in [0.25, 0.3) is 0 Å². The van der Waals surface area contributed by atoms with E-state index in [2.05, 4.69) is 41.5 Å². The second-order valence-corrected chi connectivity index (χ2v) is 9.14. The number of fused-ring (bicyclic) bond motifs is 1. The lowest BCUT2D eigenvalue weighted by atomic mass is 10.1. The van der Waals surface area contributed by atoms with E-state index in [1.165, 1.54) is 11.1 Å². The lowest BCUT2D eigenvalue weighted by Gasteiger charge is -2.34. The van der Waals surface area contributed by atoms with Gasteiger partial charge in [0, 0.05) is 43.2 Å². The Morgan fingerprint density at radius 2 is 1.87 bits per heavy atom. The minimum absolute atomic E-state index is 0.0312. The fraction of sp³-hybridized carbons (Fsp3) is 0.417. The molecule has 164 valence electrons. The molecule has 0 radical (unpaired) electrons. The molecule has 0 aromatic heterocycles. The van der Waals surface area contributed by atoms with Gasteiger partial charge < -0.3 is 20.4 Å². The van der Waals surface area contributed by atoms with Crippen LogP contribution in [0.5, 0.6) is 0 Å². The van der Waals surface area contributed by atoms with E-state index in [4.69, 9.17) is 0 Å². The van der Waals surface area contributed by atoms with Gasteiger partial charge in [0.25, 0.3) is 5.91 Å². The molecule has 2 heterocycles. The summed E-state index contributed by atoms with van der Waals surface area (Å²) in [7, 11) is 0. The summed E-state index contributed by atoms with van der Waals surface area (Å²) < 4.78 is 0. The molecule has 2 amide bonds. The Labute approximate surface area is 188 Å². The number of thioether (sulfide) groups is 1. The number of carbonyl (C=O) groups excluding carboxylic acids is 2. The van der Waals surface area contributed by atoms with Crippen molar-refractivity contribution in [3.05, 3.63) is 59.2 Å². The summed E-state index contributed by atoms with van der Waals surface area (Å²) in [6.45, 7) is 8.58. The van der Waals surface area contributed by atoms with Gasteiger partial charge in [0.1, 0.15) is 6.04 Å². The summed E-state index contributed by atoms with van der Waals surface area (Å²) in [5.41, 5.74) is 4.75. The highest BCUT2D eigenvalue weighted by atomic mass is 32.2. The van der Waals surface area contributed by atoms with Crippen molar-refractivity contribution in [3.63, 3.8) is 0 Å². The van der Waals surface area contributed by atoms with Gasteiger partial charge in [-0.05, 0) is 42.8 Å². The van der Waals surface area contributed by atoms with Gasteiger partial charge in [-0.3, -0.25) is 9.59 Å². The lowest BCUT2D eigenvalue weighted by molar-refractivity contribution is -0.116. The highest BCUT2D eigenvalue weighted by molar-refractivity contribution is 7.98. The van der Waals surface area contributed by atoms with Crippen molar-refractivity contribution in [2.75, 3.05) is 49.1 Å². The molecule has 0 saturated carbocycles. The second-order valence-electron chi connectivity index (χ2n) is 8.11. The summed E-state index contributed by atoms with van der Waals surface area (Å²) in [5.74, 6) is 1.54. The Morgan fingerprint density at radius 3 is 2.61 bits per heavy atom. The molecule has 2 aliphatic heterocycles. The summed E-state index contributed by atoms with van der Waals surface area (Å²) in [5, 5.41) is 6.33. The first-order valence-electron chi connectivity index (χ1n) is 10.9. The van der Waals surface area contributed by atoms with Gasteiger partial charge in [-0.1, -0.05) is 31.2 Å². The van der Waals surface area contributed by atoms with Crippen LogP contribution in [0.15, 0.2) is 42.5 Å². The number of amides is 2. The Kier molecular flexibility index (Phi) is 6.83. The largest absolute Gasteiger partial charge is 0.371 e. The third-order valence-electron chi connectivity index (χ3n) is 6.08. The van der Waals surface area contributed by atoms with E-state index in [0.717, 1.165) is 44.2 Å². The zero-order valence-corrected chi connectivity index (χ0v) is 19.0. The molecule has 1 atom stereocenters. The zero-order valence-electron chi connectivity index (χ0n) is 18.2. The monoisotopic (exact) mass is 438 g/mol. The molecule has 0 aliphatic carbocycles. The van der Waals surface area contributed by atoms with E-state index in [1.54, 1.807) is 17.8 Å². The van der Waals surface area contributed by atoms with Crippen molar-refractivity contribution in [2.24, 2.45) is 0 Å². The SMILES string of the molecule is CCN1CCN(C(=O)c2ccc3c(c2)NC(=O)C(CSCc2ccccc2C)N3)CC1. The molecule has 31 heavy (non-hydrogen) atoms. The Hall–Kier alpha value is -2.51. The second kappa shape index (κ2) is 9.75. The quantitative estimate of drug-likeness (QED) is 0.723. The smallest absolute Gasteiger partial charge is 0.254 e. The minimum Gasteiger partial charge on any atom is -0.371 e. The van der Waals surface area contributed by atoms with Crippen molar-refractivity contribution in [2.45, 2.75) is 25.6 Å². The molecule has 2 aromatic carbocycles. The lowest BCUT2D eigenvalue weighted by Crippen LogP contribution is -2.48. The molecular formula is C24H30N4O2S. The number of carbonyl (C=O) groups is 2. The van der Waals surface area contributed by atoms with Crippen molar-refractivity contribution >= 4 is 35.0 Å². The van der Waals surface area contributed by atoms with Crippen LogP contribution in [-0.2, 0) is 10.5 Å². The number of piperazine rings is 1. The van der Waals surface area contributed by atoms with Gasteiger partial charge in [-0.2, -0.15) is 11.8 Å². The fourth-order valence-electron chi connectivity index (χ4n) is 4.01. The first kappa shape index (κ1) is 21.7. The maximum absolute atomic E-state index is 12.9. The molecule has 7 heteroatoms. The Balaban J connectivity index is 1.36. The molecule has 1 saturated heterocycles. The molecule has 6 nitrogen and oxygen atoms in total. The zero-order chi connectivity index (χ0) is 21.8. The highest BCUT2D eigenvalue weighted by Crippen LogP contribution is 2.30. The number of hydrogen-bond acceptors (Lipinski definition) is 5. The third-order valence-corrected chi connectivity index (χ3v) is 7.16. The molecule has 1 unspecified atom stereocenters. The van der Waals surface area contributed by atoms with Crippen molar-refractivity contribution in [1.29, 1.82) is 0 Å². The van der Waals surface area contributed by atoms with Crippen molar-refractivity contribution < 1.29 is 9.59 Å². The summed E-state index contributed by atoms with van der Waals surface area (Å²) in [6.07, 6.45) is 0. The van der Waals surface area contributed by atoms with E-state index in [-0.39, 0.29) is 17.9 Å². The molecule has 4 rings (SSSR count). The summed E-state index contributed by atoms with van der Waals surface area (Å²) >= 11 is 1.75. The maximum atomic E-state index is 12.9. The van der Waals surface area contributed by atoms with Crippen LogP contribution in [0.1, 0.15) is 28.4 Å². The summed E-state index contributed by atoms with van der Waals surface area (Å²) in [4.78, 5) is 29.8. The number of hydrogen-bond donors (Lipinski definition) is 2. The number of likely N-dealkylation sites (N-methyl/N-ethyl adjacent to an activating group) is 1. The fourth-order valence-corrected chi connectivity index (χ4v) is 5.14. The van der Waals surface area contributed by atoms with Gasteiger partial charge in [-0.25, -0.2) is 0 Å². The third kappa shape index (κ3) is 5.05. The highest BCUT2D eigenvalue weighted by Gasteiger charge is 2.27. The Bertz CT molecular complexity index is 956. The van der Waals surface area contributed by atoms with E-state index in [9.17, 15) is 9.59 Å². The first-order chi connectivity index (χ1) is 15.0. The van der Waals surface area contributed by atoms with Crippen LogP contribution in [0, 0.1) is 6.92 Å². The van der Waals surface area contributed by atoms with Crippen LogP contribution in [-0.4, -0.2) is 66.1 Å². The van der Waals surface area contributed by atoms with E-state index >= 15 is 0 Å². The van der Waals surface area contributed by atoms with Gasteiger partial charge in [0.15, 0.2) is 0 Å². The summed E-state index contributed by atoms with van der Waals surface area (Å²) in [6, 6.07) is 13.6. The molecule has 2 aromatic rings. The van der Waals surface area contributed by atoms with Crippen LogP contribution in [0.4, 0.5) is 11.4 Å². The molecule has 2 N–H and O–H groups in total. The van der Waals surface area contributed by atoms with E-state index < -0.39 is 0 Å². The predicted molar refractivity (Wildman–Crippen MR) is 128 cm³/mol. The molecule has 1 fully saturated rings. The van der Waals surface area contributed by atoms with Crippen LogP contribution in [0.3, 0.4) is 0 Å². The number of benzene rings is 2. The molecule has 0 bridgehead atoms. The topological polar surface area (TPSA) is 64.7 Å². The normalized spacial score (nSPS) is 18.8. The Morgan fingerprint density at radius 1 is 1.10 bits per heavy atom. The number of rotatable bonds is 6. The van der Waals surface area contributed by atoms with E-state index in [1.807, 2.05) is 29.2 Å². The van der Waals surface area contributed by atoms with Crippen molar-refractivity contribution in [3.8, 4) is 0 Å². The molecular weight excluding hydrogens is 408 g/mol. The number of aryl methyl sites for hydroxylation is 1. The number of nitrogens with one attached hydrogen (secondary N) is 2. The number of nitrogens with zero attached hydrogens (tertiary/aromatic N) is 2. The van der Waals surface area contributed by atoms with Crippen molar-refractivity contribution in [1.82, 2.24) is 9.80 Å². The molecule has 0 spiro atoms.